The van der Waals surface area contributed by atoms with E-state index in [1.807, 2.05) is 37.3 Å². The Morgan fingerprint density at radius 2 is 1.97 bits per heavy atom. The first-order chi connectivity index (χ1) is 14.0. The van der Waals surface area contributed by atoms with Gasteiger partial charge in [0.15, 0.2) is 11.3 Å². The zero-order valence-corrected chi connectivity index (χ0v) is 18.3. The van der Waals surface area contributed by atoms with Crippen LogP contribution in [-0.4, -0.2) is 26.7 Å². The molecule has 0 bridgehead atoms. The minimum absolute atomic E-state index is 0.125. The van der Waals surface area contributed by atoms with E-state index in [2.05, 4.69) is 31.3 Å². The van der Waals surface area contributed by atoms with Crippen LogP contribution in [0, 0.1) is 0 Å². The number of nitrogens with zero attached hydrogens (tertiary/aromatic N) is 3. The summed E-state index contributed by atoms with van der Waals surface area (Å²) in [5, 5.41) is 8.30. The number of halogens is 1. The van der Waals surface area contributed by atoms with Crippen LogP contribution in [-0.2, 0) is 7.05 Å². The number of hydrogen-bond acceptors (Lipinski definition) is 4. The van der Waals surface area contributed by atoms with Gasteiger partial charge in [0.1, 0.15) is 6.10 Å². The Kier molecular flexibility index (Phi) is 5.85. The second-order valence-corrected chi connectivity index (χ2v) is 8.44. The van der Waals surface area contributed by atoms with E-state index in [1.54, 1.807) is 17.8 Å². The maximum atomic E-state index is 12.8. The van der Waals surface area contributed by atoms with Gasteiger partial charge in [0, 0.05) is 29.2 Å². The topological polar surface area (TPSA) is 69.0 Å². The van der Waals surface area contributed by atoms with Crippen LogP contribution < -0.4 is 10.1 Å². The van der Waals surface area contributed by atoms with Crippen molar-refractivity contribution in [1.29, 1.82) is 0 Å². The first-order valence-electron chi connectivity index (χ1n) is 10.1. The molecule has 1 amide bonds. The van der Waals surface area contributed by atoms with Crippen molar-refractivity contribution in [2.24, 2.45) is 7.05 Å². The smallest absolute Gasteiger partial charge is 0.272 e. The number of benzene rings is 1. The molecule has 1 fully saturated rings. The molecule has 0 saturated heterocycles. The largest absolute Gasteiger partial charge is 0.470 e. The fourth-order valence-electron chi connectivity index (χ4n) is 3.90. The van der Waals surface area contributed by atoms with Crippen LogP contribution in [0.5, 0.6) is 5.88 Å². The molecular weight excluding hydrogens is 432 g/mol. The summed E-state index contributed by atoms with van der Waals surface area (Å²) >= 11 is 3.56. The molecule has 0 aliphatic heterocycles. The van der Waals surface area contributed by atoms with Crippen molar-refractivity contribution in [2.45, 2.75) is 51.2 Å². The van der Waals surface area contributed by atoms with Gasteiger partial charge in [0.2, 0.25) is 5.88 Å². The standard InChI is InChI=1S/C22H25BrN4O2/c1-14(16-10-6-7-11-18(16)23)29-19-13-12-17-20(26-27(2)21(17)25-19)22(28)24-15-8-4-3-5-9-15/h6-7,10-15H,3-5,8-9H2,1-2H3,(H,24,28)/t14-/m1/s1. The van der Waals surface area contributed by atoms with Crippen molar-refractivity contribution in [3.8, 4) is 5.88 Å². The third kappa shape index (κ3) is 4.29. The van der Waals surface area contributed by atoms with Crippen LogP contribution in [0.1, 0.15) is 61.2 Å². The summed E-state index contributed by atoms with van der Waals surface area (Å²) in [6, 6.07) is 11.9. The summed E-state index contributed by atoms with van der Waals surface area (Å²) in [6.45, 7) is 1.98. The molecule has 3 aromatic rings. The highest BCUT2D eigenvalue weighted by molar-refractivity contribution is 9.10. The highest BCUT2D eigenvalue weighted by Gasteiger charge is 2.22. The summed E-state index contributed by atoms with van der Waals surface area (Å²) in [5.74, 6) is 0.377. The third-order valence-electron chi connectivity index (χ3n) is 5.46. The lowest BCUT2D eigenvalue weighted by atomic mass is 9.95. The molecule has 29 heavy (non-hydrogen) atoms. The molecule has 0 spiro atoms. The van der Waals surface area contributed by atoms with Crippen molar-refractivity contribution in [3.05, 3.63) is 52.1 Å². The molecule has 2 heterocycles. The first kappa shape index (κ1) is 19.9. The van der Waals surface area contributed by atoms with E-state index >= 15 is 0 Å². The van der Waals surface area contributed by atoms with Crippen molar-refractivity contribution >= 4 is 32.9 Å². The number of ether oxygens (including phenoxy) is 1. The van der Waals surface area contributed by atoms with Gasteiger partial charge in [-0.1, -0.05) is 53.4 Å². The number of carbonyl (C=O) groups excluding carboxylic acids is 1. The Morgan fingerprint density at radius 3 is 2.72 bits per heavy atom. The normalized spacial score (nSPS) is 16.0. The van der Waals surface area contributed by atoms with E-state index in [1.165, 1.54) is 19.3 Å². The van der Waals surface area contributed by atoms with Crippen molar-refractivity contribution in [2.75, 3.05) is 0 Å². The molecule has 1 aliphatic rings. The number of rotatable bonds is 5. The first-order valence-corrected chi connectivity index (χ1v) is 10.9. The van der Waals surface area contributed by atoms with Gasteiger partial charge in [-0.25, -0.2) is 4.68 Å². The molecule has 7 heteroatoms. The van der Waals surface area contributed by atoms with Gasteiger partial charge >= 0.3 is 0 Å². The van der Waals surface area contributed by atoms with Crippen molar-refractivity contribution < 1.29 is 9.53 Å². The second-order valence-electron chi connectivity index (χ2n) is 7.58. The number of fused-ring (bicyclic) bond motifs is 1. The molecule has 2 aromatic heterocycles. The average molecular weight is 457 g/mol. The molecule has 1 atom stereocenters. The number of amides is 1. The zero-order valence-electron chi connectivity index (χ0n) is 16.7. The second kappa shape index (κ2) is 8.53. The van der Waals surface area contributed by atoms with Gasteiger partial charge in [-0.3, -0.25) is 4.79 Å². The average Bonchev–Trinajstić information content (AvgIpc) is 3.05. The van der Waals surface area contributed by atoms with Crippen LogP contribution >= 0.6 is 15.9 Å². The van der Waals surface area contributed by atoms with Crippen LogP contribution in [0.3, 0.4) is 0 Å². The summed E-state index contributed by atoms with van der Waals surface area (Å²) in [7, 11) is 1.80. The number of nitrogens with one attached hydrogen (secondary N) is 1. The summed E-state index contributed by atoms with van der Waals surface area (Å²) in [6.07, 6.45) is 5.51. The van der Waals surface area contributed by atoms with Crippen LogP contribution in [0.15, 0.2) is 40.9 Å². The minimum Gasteiger partial charge on any atom is -0.470 e. The van der Waals surface area contributed by atoms with Gasteiger partial charge in [-0.2, -0.15) is 10.1 Å². The molecule has 6 nitrogen and oxygen atoms in total. The fourth-order valence-corrected chi connectivity index (χ4v) is 4.50. The predicted octanol–water partition coefficient (Wildman–Crippen LogP) is 4.93. The number of hydrogen-bond donors (Lipinski definition) is 1. The molecule has 4 rings (SSSR count). The Labute approximate surface area is 178 Å². The lowest BCUT2D eigenvalue weighted by molar-refractivity contribution is 0.0923. The minimum atomic E-state index is -0.169. The fraction of sp³-hybridized carbons (Fsp3) is 0.409. The number of aryl methyl sites for hydroxylation is 1. The van der Waals surface area contributed by atoms with E-state index in [9.17, 15) is 4.79 Å². The van der Waals surface area contributed by atoms with Gasteiger partial charge in [-0.05, 0) is 31.9 Å². The lowest BCUT2D eigenvalue weighted by Crippen LogP contribution is -2.36. The molecule has 1 saturated carbocycles. The van der Waals surface area contributed by atoms with Crippen molar-refractivity contribution in [3.63, 3.8) is 0 Å². The van der Waals surface area contributed by atoms with Crippen molar-refractivity contribution in [1.82, 2.24) is 20.1 Å². The van der Waals surface area contributed by atoms with Gasteiger partial charge in [0.05, 0.1) is 5.39 Å². The molecule has 1 aliphatic carbocycles. The van der Waals surface area contributed by atoms with E-state index in [-0.39, 0.29) is 18.1 Å². The Morgan fingerprint density at radius 1 is 1.21 bits per heavy atom. The van der Waals surface area contributed by atoms with Gasteiger partial charge in [0.25, 0.3) is 5.91 Å². The Bertz CT molecular complexity index is 1030. The molecule has 0 radical (unpaired) electrons. The highest BCUT2D eigenvalue weighted by atomic mass is 79.9. The molecule has 0 unspecified atom stereocenters. The van der Waals surface area contributed by atoms with Crippen LogP contribution in [0.4, 0.5) is 0 Å². The third-order valence-corrected chi connectivity index (χ3v) is 6.18. The summed E-state index contributed by atoms with van der Waals surface area (Å²) < 4.78 is 8.69. The van der Waals surface area contributed by atoms with E-state index in [4.69, 9.17) is 4.74 Å². The Balaban J connectivity index is 1.55. The highest BCUT2D eigenvalue weighted by Crippen LogP contribution is 2.28. The van der Waals surface area contributed by atoms with Gasteiger partial charge in [-0.15, -0.1) is 0 Å². The SMILES string of the molecule is C[C@@H](Oc1ccc2c(C(=O)NC3CCCCC3)nn(C)c2n1)c1ccccc1Br. The van der Waals surface area contributed by atoms with E-state index in [0.717, 1.165) is 28.3 Å². The molecule has 1 aromatic carbocycles. The number of pyridine rings is 1. The predicted molar refractivity (Wildman–Crippen MR) is 116 cm³/mol. The maximum Gasteiger partial charge on any atom is 0.272 e. The van der Waals surface area contributed by atoms with Gasteiger partial charge < -0.3 is 10.1 Å². The number of aromatic nitrogens is 3. The Hall–Kier alpha value is -2.41. The summed E-state index contributed by atoms with van der Waals surface area (Å²) in [4.78, 5) is 17.4. The number of carbonyl (C=O) groups is 1. The monoisotopic (exact) mass is 456 g/mol. The van der Waals surface area contributed by atoms with Crippen LogP contribution in [0.2, 0.25) is 0 Å². The van der Waals surface area contributed by atoms with E-state index < -0.39 is 0 Å². The molecule has 1 N–H and O–H groups in total. The van der Waals surface area contributed by atoms with E-state index in [0.29, 0.717) is 17.2 Å². The quantitative estimate of drug-likeness (QED) is 0.590. The summed E-state index contributed by atoms with van der Waals surface area (Å²) in [5.41, 5.74) is 2.11. The zero-order chi connectivity index (χ0) is 20.4. The maximum absolute atomic E-state index is 12.8. The molecular formula is C22H25BrN4O2. The lowest BCUT2D eigenvalue weighted by Gasteiger charge is -2.22. The molecule has 152 valence electrons. The van der Waals surface area contributed by atoms with Crippen LogP contribution in [0.25, 0.3) is 11.0 Å².